The fraction of sp³-hybridized carbons (Fsp3) is 0.562. The molecule has 1 atom stereocenters. The van der Waals surface area contributed by atoms with E-state index in [1.165, 1.54) is 5.56 Å². The Hall–Kier alpha value is -1.55. The Kier molecular flexibility index (Phi) is 5.41. The summed E-state index contributed by atoms with van der Waals surface area (Å²) in [6.07, 6.45) is 1.47. The van der Waals surface area contributed by atoms with Crippen LogP contribution < -0.4 is 15.4 Å². The van der Waals surface area contributed by atoms with E-state index in [1.807, 2.05) is 18.2 Å². The number of para-hydroxylation sites is 1. The van der Waals surface area contributed by atoms with Gasteiger partial charge in [0.15, 0.2) is 0 Å². The number of amides is 1. The van der Waals surface area contributed by atoms with Crippen LogP contribution in [0.15, 0.2) is 24.3 Å². The second-order valence-electron chi connectivity index (χ2n) is 5.63. The number of carbonyl (C=O) groups is 1. The van der Waals surface area contributed by atoms with Crippen LogP contribution in [-0.4, -0.2) is 25.6 Å². The molecule has 0 aliphatic carbocycles. The van der Waals surface area contributed by atoms with E-state index in [4.69, 9.17) is 4.74 Å². The van der Waals surface area contributed by atoms with Crippen LogP contribution >= 0.6 is 0 Å². The average Bonchev–Trinajstić information content (AvgIpc) is 2.45. The molecule has 1 aliphatic heterocycles. The normalized spacial score (nSPS) is 17.4. The molecular weight excluding hydrogens is 252 g/mol. The highest BCUT2D eigenvalue weighted by Crippen LogP contribution is 2.31. The van der Waals surface area contributed by atoms with Crippen molar-refractivity contribution in [3.8, 4) is 5.75 Å². The molecule has 4 heteroatoms. The smallest absolute Gasteiger partial charge is 0.221 e. The van der Waals surface area contributed by atoms with Crippen LogP contribution in [0.4, 0.5) is 0 Å². The van der Waals surface area contributed by atoms with Crippen LogP contribution in [0.1, 0.15) is 38.3 Å². The van der Waals surface area contributed by atoms with E-state index in [0.717, 1.165) is 25.3 Å². The minimum Gasteiger partial charge on any atom is -0.493 e. The van der Waals surface area contributed by atoms with Crippen molar-refractivity contribution in [3.63, 3.8) is 0 Å². The van der Waals surface area contributed by atoms with E-state index in [1.54, 1.807) is 0 Å². The number of benzene rings is 1. The largest absolute Gasteiger partial charge is 0.493 e. The molecule has 1 heterocycles. The quantitative estimate of drug-likeness (QED) is 0.838. The van der Waals surface area contributed by atoms with E-state index in [9.17, 15) is 4.79 Å². The molecule has 0 bridgehead atoms. The van der Waals surface area contributed by atoms with Gasteiger partial charge >= 0.3 is 0 Å². The maximum absolute atomic E-state index is 11.7. The zero-order valence-electron chi connectivity index (χ0n) is 12.3. The molecule has 0 spiro atoms. The summed E-state index contributed by atoms with van der Waals surface area (Å²) >= 11 is 0. The molecule has 0 aromatic heterocycles. The fourth-order valence-corrected chi connectivity index (χ4v) is 2.32. The van der Waals surface area contributed by atoms with Crippen LogP contribution in [0.5, 0.6) is 5.75 Å². The summed E-state index contributed by atoms with van der Waals surface area (Å²) in [6.45, 7) is 6.37. The third kappa shape index (κ3) is 4.23. The first-order valence-electron chi connectivity index (χ1n) is 7.38. The molecule has 1 unspecified atom stereocenters. The predicted molar refractivity (Wildman–Crippen MR) is 79.8 cm³/mol. The average molecular weight is 276 g/mol. The van der Waals surface area contributed by atoms with E-state index < -0.39 is 0 Å². The molecule has 20 heavy (non-hydrogen) atoms. The lowest BCUT2D eigenvalue weighted by atomic mass is 10.0. The summed E-state index contributed by atoms with van der Waals surface area (Å²) in [5.41, 5.74) is 1.20. The first kappa shape index (κ1) is 14.9. The number of ether oxygens (including phenoxy) is 1. The number of carbonyl (C=O) groups excluding carboxylic acids is 1. The standard InChI is InChI=1S/C16H24N2O2/c1-12(2)11-18-16(19)7-9-17-14-8-10-20-15-6-4-3-5-13(14)15/h3-6,12,14,17H,7-11H2,1-2H3,(H,18,19). The van der Waals surface area contributed by atoms with Gasteiger partial charge in [-0.25, -0.2) is 0 Å². The monoisotopic (exact) mass is 276 g/mol. The number of fused-ring (bicyclic) bond motifs is 1. The van der Waals surface area contributed by atoms with Crippen molar-refractivity contribution in [3.05, 3.63) is 29.8 Å². The zero-order chi connectivity index (χ0) is 14.4. The Labute approximate surface area is 120 Å². The van der Waals surface area contributed by atoms with Crippen molar-refractivity contribution in [2.75, 3.05) is 19.7 Å². The molecule has 0 saturated heterocycles. The second-order valence-corrected chi connectivity index (χ2v) is 5.63. The Morgan fingerprint density at radius 3 is 3.00 bits per heavy atom. The summed E-state index contributed by atoms with van der Waals surface area (Å²) < 4.78 is 5.63. The third-order valence-electron chi connectivity index (χ3n) is 3.41. The minimum absolute atomic E-state index is 0.117. The Morgan fingerprint density at radius 2 is 2.20 bits per heavy atom. The van der Waals surface area contributed by atoms with Gasteiger partial charge in [0.2, 0.25) is 5.91 Å². The summed E-state index contributed by atoms with van der Waals surface area (Å²) in [7, 11) is 0. The molecule has 1 aliphatic rings. The Bertz CT molecular complexity index is 446. The van der Waals surface area contributed by atoms with Gasteiger partial charge in [0, 0.05) is 37.5 Å². The van der Waals surface area contributed by atoms with Gasteiger partial charge in [-0.3, -0.25) is 4.79 Å². The SMILES string of the molecule is CC(C)CNC(=O)CCNC1CCOc2ccccc21. The van der Waals surface area contributed by atoms with Gasteiger partial charge in [0.05, 0.1) is 6.61 Å². The molecule has 1 aromatic carbocycles. The maximum atomic E-state index is 11.7. The van der Waals surface area contributed by atoms with Gasteiger partial charge in [-0.05, 0) is 12.0 Å². The second kappa shape index (κ2) is 7.29. The highest BCUT2D eigenvalue weighted by molar-refractivity contribution is 5.76. The molecule has 0 saturated carbocycles. The highest BCUT2D eigenvalue weighted by Gasteiger charge is 2.20. The van der Waals surface area contributed by atoms with E-state index in [2.05, 4.69) is 30.5 Å². The fourth-order valence-electron chi connectivity index (χ4n) is 2.32. The molecule has 0 radical (unpaired) electrons. The molecule has 2 N–H and O–H groups in total. The van der Waals surface area contributed by atoms with Crippen LogP contribution in [0, 0.1) is 5.92 Å². The van der Waals surface area contributed by atoms with E-state index in [-0.39, 0.29) is 11.9 Å². The van der Waals surface area contributed by atoms with Crippen molar-refractivity contribution in [2.45, 2.75) is 32.7 Å². The third-order valence-corrected chi connectivity index (χ3v) is 3.41. The van der Waals surface area contributed by atoms with Gasteiger partial charge in [-0.1, -0.05) is 32.0 Å². The molecule has 0 fully saturated rings. The van der Waals surface area contributed by atoms with E-state index >= 15 is 0 Å². The molecule has 2 rings (SSSR count). The summed E-state index contributed by atoms with van der Waals surface area (Å²) in [5, 5.41) is 6.39. The Morgan fingerprint density at radius 1 is 1.40 bits per heavy atom. The highest BCUT2D eigenvalue weighted by atomic mass is 16.5. The van der Waals surface area contributed by atoms with Crippen molar-refractivity contribution >= 4 is 5.91 Å². The molecule has 1 amide bonds. The topological polar surface area (TPSA) is 50.4 Å². The van der Waals surface area contributed by atoms with Crippen LogP contribution in [-0.2, 0) is 4.79 Å². The van der Waals surface area contributed by atoms with Gasteiger partial charge in [-0.2, -0.15) is 0 Å². The van der Waals surface area contributed by atoms with Crippen LogP contribution in [0.2, 0.25) is 0 Å². The molecular formula is C16H24N2O2. The summed E-state index contributed by atoms with van der Waals surface area (Å²) in [5.74, 6) is 1.57. The van der Waals surface area contributed by atoms with Gasteiger partial charge in [0.1, 0.15) is 5.75 Å². The van der Waals surface area contributed by atoms with Crippen molar-refractivity contribution < 1.29 is 9.53 Å². The van der Waals surface area contributed by atoms with Gasteiger partial charge in [-0.15, -0.1) is 0 Å². The Balaban J connectivity index is 1.77. The first-order valence-corrected chi connectivity index (χ1v) is 7.38. The van der Waals surface area contributed by atoms with E-state index in [0.29, 0.717) is 18.9 Å². The summed E-state index contributed by atoms with van der Waals surface area (Å²) in [6, 6.07) is 8.39. The van der Waals surface area contributed by atoms with Crippen LogP contribution in [0.3, 0.4) is 0 Å². The molecule has 110 valence electrons. The number of hydrogen-bond donors (Lipinski definition) is 2. The first-order chi connectivity index (χ1) is 9.66. The van der Waals surface area contributed by atoms with Crippen molar-refractivity contribution in [1.82, 2.24) is 10.6 Å². The van der Waals surface area contributed by atoms with Crippen molar-refractivity contribution in [2.24, 2.45) is 5.92 Å². The van der Waals surface area contributed by atoms with Crippen LogP contribution in [0.25, 0.3) is 0 Å². The lowest BCUT2D eigenvalue weighted by Gasteiger charge is -2.26. The number of rotatable bonds is 6. The minimum atomic E-state index is 0.117. The lowest BCUT2D eigenvalue weighted by Crippen LogP contribution is -2.33. The summed E-state index contributed by atoms with van der Waals surface area (Å²) in [4.78, 5) is 11.7. The predicted octanol–water partition coefficient (Wildman–Crippen LogP) is 2.26. The zero-order valence-corrected chi connectivity index (χ0v) is 12.3. The number of nitrogens with one attached hydrogen (secondary N) is 2. The van der Waals surface area contributed by atoms with Crippen molar-refractivity contribution in [1.29, 1.82) is 0 Å². The maximum Gasteiger partial charge on any atom is 0.221 e. The van der Waals surface area contributed by atoms with Gasteiger partial charge in [0.25, 0.3) is 0 Å². The molecule has 1 aromatic rings. The lowest BCUT2D eigenvalue weighted by molar-refractivity contribution is -0.121. The van der Waals surface area contributed by atoms with Gasteiger partial charge < -0.3 is 15.4 Å². The molecule has 4 nitrogen and oxygen atoms in total. The number of hydrogen-bond acceptors (Lipinski definition) is 3.